The van der Waals surface area contributed by atoms with Crippen LogP contribution >= 0.6 is 34.4 Å². The van der Waals surface area contributed by atoms with Crippen molar-refractivity contribution in [3.05, 3.63) is 47.0 Å². The number of rotatable bonds is 6. The lowest BCUT2D eigenvalue weighted by Crippen LogP contribution is -2.13. The Morgan fingerprint density at radius 3 is 2.64 bits per heavy atom. The number of hydrogen-bond donors (Lipinski definition) is 2. The van der Waals surface area contributed by atoms with Crippen molar-refractivity contribution in [2.75, 3.05) is 16.4 Å². The van der Waals surface area contributed by atoms with Gasteiger partial charge in [-0.1, -0.05) is 40.8 Å². The minimum absolute atomic E-state index is 0.166. The lowest BCUT2D eigenvalue weighted by Gasteiger charge is -2.01. The predicted molar refractivity (Wildman–Crippen MR) is 101 cm³/mol. The van der Waals surface area contributed by atoms with E-state index in [1.807, 2.05) is 19.1 Å². The van der Waals surface area contributed by atoms with E-state index in [-0.39, 0.29) is 17.6 Å². The summed E-state index contributed by atoms with van der Waals surface area (Å²) in [5, 5.41) is 16.0. The average Bonchev–Trinajstić information content (AvgIpc) is 3.25. The van der Waals surface area contributed by atoms with E-state index in [2.05, 4.69) is 25.8 Å². The first-order chi connectivity index (χ1) is 12.1. The molecule has 0 saturated carbocycles. The van der Waals surface area contributed by atoms with Crippen molar-refractivity contribution in [1.29, 1.82) is 0 Å². The lowest BCUT2D eigenvalue weighted by atomic mass is 10.1. The highest BCUT2D eigenvalue weighted by Crippen LogP contribution is 2.26. The normalized spacial score (nSPS) is 10.4. The number of nitrogens with one attached hydrogen (secondary N) is 2. The van der Waals surface area contributed by atoms with Crippen molar-refractivity contribution in [2.45, 2.75) is 11.3 Å². The molecular weight excluding hydrogens is 378 g/mol. The first kappa shape index (κ1) is 17.5. The lowest BCUT2D eigenvalue weighted by molar-refractivity contribution is -0.113. The van der Waals surface area contributed by atoms with E-state index < -0.39 is 0 Å². The standard InChI is InChI=1S/C15H13N5O2S3/c1-9-2-4-10(5-3-9)12(22)18-14-19-20-15(25-14)24-8-11(21)17-13-16-6-7-23-13/h2-7H,8H2,1H3,(H,16,17,21)(H,18,19,22). The average molecular weight is 392 g/mol. The van der Waals surface area contributed by atoms with Gasteiger partial charge in [-0.2, -0.15) is 0 Å². The number of benzene rings is 1. The summed E-state index contributed by atoms with van der Waals surface area (Å²) in [6, 6.07) is 7.25. The first-order valence-corrected chi connectivity index (χ1v) is 9.82. The molecule has 7 nitrogen and oxygen atoms in total. The van der Waals surface area contributed by atoms with Gasteiger partial charge in [-0.3, -0.25) is 14.9 Å². The van der Waals surface area contributed by atoms with E-state index in [0.29, 0.717) is 20.2 Å². The maximum atomic E-state index is 12.1. The zero-order valence-electron chi connectivity index (χ0n) is 13.1. The van der Waals surface area contributed by atoms with Crippen molar-refractivity contribution in [2.24, 2.45) is 0 Å². The molecule has 0 aliphatic rings. The Bertz CT molecular complexity index is 862. The number of amides is 2. The maximum absolute atomic E-state index is 12.1. The molecule has 2 amide bonds. The van der Waals surface area contributed by atoms with Crippen molar-refractivity contribution in [3.63, 3.8) is 0 Å². The van der Waals surface area contributed by atoms with Crippen LogP contribution in [0, 0.1) is 6.92 Å². The molecule has 10 heteroatoms. The smallest absolute Gasteiger partial charge is 0.257 e. The van der Waals surface area contributed by atoms with Gasteiger partial charge in [0.1, 0.15) is 0 Å². The molecule has 0 aliphatic carbocycles. The van der Waals surface area contributed by atoms with Gasteiger partial charge >= 0.3 is 0 Å². The van der Waals surface area contributed by atoms with Crippen LogP contribution in [0.3, 0.4) is 0 Å². The molecule has 2 N–H and O–H groups in total. The van der Waals surface area contributed by atoms with Crippen molar-refractivity contribution in [3.8, 4) is 0 Å². The van der Waals surface area contributed by atoms with E-state index in [9.17, 15) is 9.59 Å². The Hall–Kier alpha value is -2.30. The van der Waals surface area contributed by atoms with Gasteiger partial charge in [0.25, 0.3) is 5.91 Å². The van der Waals surface area contributed by atoms with Crippen molar-refractivity contribution in [1.82, 2.24) is 15.2 Å². The number of anilines is 2. The van der Waals surface area contributed by atoms with Gasteiger partial charge in [0.2, 0.25) is 11.0 Å². The zero-order chi connectivity index (χ0) is 17.6. The Kier molecular flexibility index (Phi) is 5.74. The molecule has 0 fully saturated rings. The van der Waals surface area contributed by atoms with Crippen molar-refractivity contribution >= 4 is 56.5 Å². The van der Waals surface area contributed by atoms with Gasteiger partial charge < -0.3 is 5.32 Å². The molecule has 0 aliphatic heterocycles. The summed E-state index contributed by atoms with van der Waals surface area (Å²) in [6.07, 6.45) is 1.63. The second-order valence-corrected chi connectivity index (χ2v) is 7.96. The van der Waals surface area contributed by atoms with E-state index in [4.69, 9.17) is 0 Å². The molecule has 0 radical (unpaired) electrons. The highest BCUT2D eigenvalue weighted by molar-refractivity contribution is 8.01. The third-order valence-electron chi connectivity index (χ3n) is 2.95. The van der Waals surface area contributed by atoms with Gasteiger partial charge in [-0.25, -0.2) is 4.98 Å². The summed E-state index contributed by atoms with van der Waals surface area (Å²) in [5.74, 6) is -0.213. The monoisotopic (exact) mass is 391 g/mol. The van der Waals surface area contributed by atoms with Gasteiger partial charge in [0.15, 0.2) is 9.47 Å². The van der Waals surface area contributed by atoms with Gasteiger partial charge in [-0.05, 0) is 19.1 Å². The second-order valence-electron chi connectivity index (χ2n) is 4.87. The van der Waals surface area contributed by atoms with E-state index in [1.165, 1.54) is 34.4 Å². The van der Waals surface area contributed by atoms with Crippen LogP contribution in [0.2, 0.25) is 0 Å². The zero-order valence-corrected chi connectivity index (χ0v) is 15.5. The minimum Gasteiger partial charge on any atom is -0.301 e. The SMILES string of the molecule is Cc1ccc(C(=O)Nc2nnc(SCC(=O)Nc3nccs3)s2)cc1. The molecule has 128 valence electrons. The van der Waals surface area contributed by atoms with Gasteiger partial charge in [0, 0.05) is 17.1 Å². The van der Waals surface area contributed by atoms with Crippen LogP contribution in [0.25, 0.3) is 0 Å². The fourth-order valence-corrected chi connectivity index (χ4v) is 3.85. The van der Waals surface area contributed by atoms with Crippen LogP contribution in [-0.2, 0) is 4.79 Å². The molecule has 3 rings (SSSR count). The quantitative estimate of drug-likeness (QED) is 0.494. The Morgan fingerprint density at radius 2 is 1.92 bits per heavy atom. The molecule has 0 saturated heterocycles. The largest absolute Gasteiger partial charge is 0.301 e. The van der Waals surface area contributed by atoms with Crippen LogP contribution in [0.5, 0.6) is 0 Å². The fourth-order valence-electron chi connectivity index (χ4n) is 1.76. The number of carbonyl (C=O) groups is 2. The second kappa shape index (κ2) is 8.19. The molecule has 2 aromatic heterocycles. The number of aryl methyl sites for hydroxylation is 1. The summed E-state index contributed by atoms with van der Waals surface area (Å²) in [7, 11) is 0. The maximum Gasteiger partial charge on any atom is 0.257 e. The van der Waals surface area contributed by atoms with Gasteiger partial charge in [-0.15, -0.1) is 21.5 Å². The summed E-state index contributed by atoms with van der Waals surface area (Å²) >= 11 is 3.84. The van der Waals surface area contributed by atoms with Crippen LogP contribution in [-0.4, -0.2) is 32.7 Å². The number of hydrogen-bond acceptors (Lipinski definition) is 8. The topological polar surface area (TPSA) is 96.9 Å². The number of thioether (sulfide) groups is 1. The molecule has 0 bridgehead atoms. The fraction of sp³-hybridized carbons (Fsp3) is 0.133. The van der Waals surface area contributed by atoms with E-state index in [0.717, 1.165) is 5.56 Å². The minimum atomic E-state index is -0.241. The molecule has 2 heterocycles. The summed E-state index contributed by atoms with van der Waals surface area (Å²) in [5.41, 5.74) is 1.64. The summed E-state index contributed by atoms with van der Waals surface area (Å²) < 4.78 is 0.605. The van der Waals surface area contributed by atoms with E-state index >= 15 is 0 Å². The number of thiazole rings is 1. The van der Waals surface area contributed by atoms with Crippen LogP contribution < -0.4 is 10.6 Å². The molecule has 0 spiro atoms. The predicted octanol–water partition coefficient (Wildman–Crippen LogP) is 3.29. The molecule has 3 aromatic rings. The molecule has 1 aromatic carbocycles. The number of nitrogens with zero attached hydrogens (tertiary/aromatic N) is 3. The van der Waals surface area contributed by atoms with Crippen molar-refractivity contribution < 1.29 is 9.59 Å². The summed E-state index contributed by atoms with van der Waals surface area (Å²) in [6.45, 7) is 1.96. The van der Waals surface area contributed by atoms with Crippen LogP contribution in [0.15, 0.2) is 40.2 Å². The molecule has 0 atom stereocenters. The molecular formula is C15H13N5O2S3. The van der Waals surface area contributed by atoms with Crippen LogP contribution in [0.1, 0.15) is 15.9 Å². The number of aromatic nitrogens is 3. The van der Waals surface area contributed by atoms with Gasteiger partial charge in [0.05, 0.1) is 5.75 Å². The van der Waals surface area contributed by atoms with Crippen LogP contribution in [0.4, 0.5) is 10.3 Å². The third-order valence-corrected chi connectivity index (χ3v) is 5.61. The highest BCUT2D eigenvalue weighted by atomic mass is 32.2. The Labute approximate surface area is 155 Å². The Morgan fingerprint density at radius 1 is 1.12 bits per heavy atom. The molecule has 25 heavy (non-hydrogen) atoms. The highest BCUT2D eigenvalue weighted by Gasteiger charge is 2.12. The third kappa shape index (κ3) is 5.08. The first-order valence-electron chi connectivity index (χ1n) is 7.14. The number of carbonyl (C=O) groups excluding carboxylic acids is 2. The van der Waals surface area contributed by atoms with E-state index in [1.54, 1.807) is 23.7 Å². The summed E-state index contributed by atoms with van der Waals surface area (Å²) in [4.78, 5) is 27.9. The Balaban J connectivity index is 1.51. The molecule has 0 unspecified atom stereocenters.